The minimum Gasteiger partial charge on any atom is -0.463 e. The fourth-order valence-electron chi connectivity index (χ4n) is 10.9. The molecule has 0 spiro atoms. The normalized spacial score (nSPS) is 14.6. The lowest BCUT2D eigenvalue weighted by molar-refractivity contribution is -0.161. The Morgan fingerprint density at radius 2 is 0.525 bits per heavy atom. The predicted molar refractivity (Wildman–Crippen MR) is 417 cm³/mol. The molecule has 0 amide bonds. The van der Waals surface area contributed by atoms with E-state index < -0.39 is 91.5 Å². The van der Waals surface area contributed by atoms with Crippen LogP contribution in [0.2, 0.25) is 0 Å². The van der Waals surface area contributed by atoms with E-state index in [1.165, 1.54) is 148 Å². The average molecular weight is 1460 g/mol. The van der Waals surface area contributed by atoms with Crippen LogP contribution in [0.5, 0.6) is 0 Å². The van der Waals surface area contributed by atoms with Crippen molar-refractivity contribution in [1.82, 2.24) is 0 Å². The molecule has 0 saturated carbocycles. The molecule has 584 valence electrons. The molecule has 0 aromatic heterocycles. The highest BCUT2D eigenvalue weighted by Gasteiger charge is 2.29. The van der Waals surface area contributed by atoms with Gasteiger partial charge in [0, 0.05) is 19.3 Å². The number of esters is 3. The Morgan fingerprint density at radius 1 is 0.287 bits per heavy atom. The Morgan fingerprint density at radius 3 is 0.851 bits per heavy atom. The first-order chi connectivity index (χ1) is 49.2. The number of unbranched alkanes of at least 4 members (excludes halogenated alkanes) is 35. The quantitative estimate of drug-likeness (QED) is 0.0146. The molecule has 0 aromatic carbocycles. The molecule has 101 heavy (non-hydrogen) atoms. The molecule has 0 aromatic rings. The van der Waals surface area contributed by atoms with Crippen LogP contribution in [0.3, 0.4) is 0 Å². The van der Waals surface area contributed by atoms with Crippen molar-refractivity contribution in [3.8, 4) is 0 Å². The topological polar surface area (TPSA) is 231 Å². The molecular weight excluding hydrogens is 1310 g/mol. The molecule has 16 nitrogen and oxygen atoms in total. The Kier molecular flexibility index (Phi) is 73.0. The SMILES string of the molecule is CC/C=C\C/C=C\C/C=C\C/C=C\C/C=C\CCCCCCCCCCCCCC(=O)OCC(O)COP(=O)(O)OCC(O)COP(=O)(O)OCC(COC(=O)CCCCCCCCCCCCC/C=C\C/C=C\C/C=C\C/C=C\CCCCC)OC(=O)CCCCCCCCCCCCC. The summed E-state index contributed by atoms with van der Waals surface area (Å²) in [5.74, 6) is -1.57. The van der Waals surface area contributed by atoms with E-state index in [0.29, 0.717) is 19.3 Å². The van der Waals surface area contributed by atoms with E-state index in [0.717, 1.165) is 135 Å². The molecule has 0 radical (unpaired) electrons. The van der Waals surface area contributed by atoms with Crippen LogP contribution in [0.1, 0.15) is 342 Å². The average Bonchev–Trinajstić information content (AvgIpc) is 0.947. The number of carbonyl (C=O) groups excluding carboxylic acids is 3. The number of phosphoric ester groups is 2. The number of aliphatic hydroxyl groups excluding tert-OH is 2. The molecule has 5 atom stereocenters. The molecule has 0 fully saturated rings. The fraction of sp³-hybridized carbons (Fsp3) is 0.747. The molecular formula is C83H146O16P2. The first-order valence-corrected chi connectivity index (χ1v) is 43.2. The summed E-state index contributed by atoms with van der Waals surface area (Å²) >= 11 is 0. The van der Waals surface area contributed by atoms with Gasteiger partial charge in [0.15, 0.2) is 6.10 Å². The number of rotatable bonds is 76. The van der Waals surface area contributed by atoms with Gasteiger partial charge in [-0.2, -0.15) is 0 Å². The van der Waals surface area contributed by atoms with Crippen LogP contribution in [-0.4, -0.2) is 95.9 Å². The van der Waals surface area contributed by atoms with Gasteiger partial charge in [0.1, 0.15) is 25.4 Å². The van der Waals surface area contributed by atoms with Crippen LogP contribution in [0.25, 0.3) is 0 Å². The third-order valence-corrected chi connectivity index (χ3v) is 18.9. The number of hydrogen-bond donors (Lipinski definition) is 4. The second-order valence-corrected chi connectivity index (χ2v) is 29.8. The number of aliphatic hydroxyl groups is 2. The Hall–Kier alpha value is -3.79. The van der Waals surface area contributed by atoms with Crippen LogP contribution in [0, 0.1) is 0 Å². The zero-order chi connectivity index (χ0) is 73.7. The molecule has 0 rings (SSSR count). The monoisotopic (exact) mass is 1460 g/mol. The molecule has 0 aliphatic carbocycles. The molecule has 0 saturated heterocycles. The van der Waals surface area contributed by atoms with E-state index in [4.69, 9.17) is 32.3 Å². The zero-order valence-corrected chi connectivity index (χ0v) is 65.6. The van der Waals surface area contributed by atoms with Crippen LogP contribution < -0.4 is 0 Å². The van der Waals surface area contributed by atoms with Crippen molar-refractivity contribution in [2.24, 2.45) is 0 Å². The van der Waals surface area contributed by atoms with Crippen molar-refractivity contribution in [3.05, 3.63) is 109 Å². The minimum absolute atomic E-state index is 0.107. The first kappa shape index (κ1) is 97.2. The van der Waals surface area contributed by atoms with Crippen molar-refractivity contribution < 1.29 is 75.8 Å². The summed E-state index contributed by atoms with van der Waals surface area (Å²) in [6.07, 6.45) is 88.6. The second-order valence-electron chi connectivity index (χ2n) is 26.8. The maximum absolute atomic E-state index is 12.9. The summed E-state index contributed by atoms with van der Waals surface area (Å²) in [4.78, 5) is 58.6. The summed E-state index contributed by atoms with van der Waals surface area (Å²) in [6, 6.07) is 0. The maximum atomic E-state index is 12.9. The minimum atomic E-state index is -4.93. The van der Waals surface area contributed by atoms with E-state index in [9.17, 15) is 43.5 Å². The smallest absolute Gasteiger partial charge is 0.463 e. The molecule has 18 heteroatoms. The van der Waals surface area contributed by atoms with Crippen molar-refractivity contribution in [1.29, 1.82) is 0 Å². The van der Waals surface area contributed by atoms with Gasteiger partial charge in [-0.25, -0.2) is 9.13 Å². The number of phosphoric acid groups is 2. The Balaban J connectivity index is 4.45. The van der Waals surface area contributed by atoms with Crippen LogP contribution in [0.15, 0.2) is 109 Å². The Labute approximate surface area is 615 Å². The van der Waals surface area contributed by atoms with E-state index in [-0.39, 0.29) is 19.3 Å². The lowest BCUT2D eigenvalue weighted by Crippen LogP contribution is -2.30. The van der Waals surface area contributed by atoms with Crippen molar-refractivity contribution in [2.45, 2.75) is 360 Å². The lowest BCUT2D eigenvalue weighted by Gasteiger charge is -2.21. The number of ether oxygens (including phenoxy) is 3. The third kappa shape index (κ3) is 77.1. The highest BCUT2D eigenvalue weighted by atomic mass is 31.2. The van der Waals surface area contributed by atoms with Gasteiger partial charge >= 0.3 is 33.6 Å². The molecule has 0 heterocycles. The maximum Gasteiger partial charge on any atom is 0.472 e. The molecule has 0 aliphatic heterocycles. The number of allylic oxidation sites excluding steroid dienone is 18. The van der Waals surface area contributed by atoms with E-state index in [1.807, 2.05) is 0 Å². The van der Waals surface area contributed by atoms with Crippen molar-refractivity contribution in [2.75, 3.05) is 39.6 Å². The van der Waals surface area contributed by atoms with Gasteiger partial charge in [-0.15, -0.1) is 0 Å². The predicted octanol–water partition coefficient (Wildman–Crippen LogP) is 23.5. The fourth-order valence-corrected chi connectivity index (χ4v) is 12.5. The third-order valence-electron chi connectivity index (χ3n) is 17.0. The van der Waals surface area contributed by atoms with Crippen LogP contribution in [0.4, 0.5) is 0 Å². The summed E-state index contributed by atoms with van der Waals surface area (Å²) in [7, 11) is -9.78. The number of carbonyl (C=O) groups is 3. The van der Waals surface area contributed by atoms with Crippen molar-refractivity contribution in [3.63, 3.8) is 0 Å². The molecule has 5 unspecified atom stereocenters. The van der Waals surface area contributed by atoms with E-state index in [1.54, 1.807) is 0 Å². The number of hydrogen-bond acceptors (Lipinski definition) is 14. The van der Waals surface area contributed by atoms with Crippen LogP contribution in [-0.2, 0) is 55.8 Å². The second kappa shape index (κ2) is 75.9. The summed E-state index contributed by atoms with van der Waals surface area (Å²) in [5, 5.41) is 20.6. The molecule has 4 N–H and O–H groups in total. The molecule has 0 bridgehead atoms. The van der Waals surface area contributed by atoms with Gasteiger partial charge in [-0.3, -0.25) is 32.5 Å². The van der Waals surface area contributed by atoms with Gasteiger partial charge < -0.3 is 34.2 Å². The molecule has 0 aliphatic rings. The van der Waals surface area contributed by atoms with Gasteiger partial charge in [0.25, 0.3) is 0 Å². The van der Waals surface area contributed by atoms with E-state index in [2.05, 4.69) is 130 Å². The highest BCUT2D eigenvalue weighted by Crippen LogP contribution is 2.45. The highest BCUT2D eigenvalue weighted by molar-refractivity contribution is 7.47. The standard InChI is InChI=1S/C83H146O16P2/c1-4-7-10-13-16-19-22-24-26-28-30-32-34-36-38-40-42-44-46-48-50-52-55-57-60-63-66-69-81(86)93-72-78(84)73-95-100(89,90)96-74-79(85)75-97-101(91,92)98-77-80(99-83(88)71-68-65-62-59-54-21-18-15-12-9-6-3)76-94-82(87)70-67-64-61-58-56-53-51-49-47-45-43-41-39-37-35-33-31-29-27-25-23-20-17-14-11-8-5-2/h7,10,16-17,19-20,24-27,30-33,36-39,78-80,84-85H,4-6,8-9,11-15,18,21-23,28-29,34-35,40-77H2,1-3H3,(H,89,90)(H,91,92)/b10-7-,19-16-,20-17-,26-24-,27-25-,32-30-,33-31-,38-36-,39-37-. The first-order valence-electron chi connectivity index (χ1n) is 40.2. The largest absolute Gasteiger partial charge is 0.472 e. The van der Waals surface area contributed by atoms with Gasteiger partial charge in [-0.1, -0.05) is 323 Å². The van der Waals surface area contributed by atoms with Crippen molar-refractivity contribution >= 4 is 33.6 Å². The summed E-state index contributed by atoms with van der Waals surface area (Å²) < 4.78 is 61.1. The van der Waals surface area contributed by atoms with E-state index >= 15 is 0 Å². The summed E-state index contributed by atoms with van der Waals surface area (Å²) in [5.41, 5.74) is 0. The van der Waals surface area contributed by atoms with Gasteiger partial charge in [0.2, 0.25) is 0 Å². The van der Waals surface area contributed by atoms with Gasteiger partial charge in [0.05, 0.1) is 26.4 Å². The van der Waals surface area contributed by atoms with Crippen LogP contribution >= 0.6 is 15.6 Å². The van der Waals surface area contributed by atoms with Gasteiger partial charge in [-0.05, 0) is 109 Å². The summed E-state index contributed by atoms with van der Waals surface area (Å²) in [6.45, 7) is 2.56. The lowest BCUT2D eigenvalue weighted by atomic mass is 10.0. The Bertz CT molecular complexity index is 2270. The zero-order valence-electron chi connectivity index (χ0n) is 63.8.